The fraction of sp³-hybridized carbons (Fsp3) is 0.400. The number of rotatable bonds is 13. The van der Waals surface area contributed by atoms with Crippen molar-refractivity contribution in [2.24, 2.45) is 0 Å². The minimum absolute atomic E-state index is 0.0712. The van der Waals surface area contributed by atoms with Gasteiger partial charge >= 0.3 is 5.97 Å². The lowest BCUT2D eigenvalue weighted by Gasteiger charge is -2.12. The number of carbonyl (C=O) groups excluding carboxylic acids is 2. The number of nitrogens with zero attached hydrogens (tertiary/aromatic N) is 1. The zero-order valence-electron chi connectivity index (χ0n) is 19.5. The predicted octanol–water partition coefficient (Wildman–Crippen LogP) is 6.44. The van der Waals surface area contributed by atoms with Gasteiger partial charge in [0.25, 0.3) is 5.91 Å². The zero-order chi connectivity index (χ0) is 24.3. The second-order valence-corrected chi connectivity index (χ2v) is 9.96. The van der Waals surface area contributed by atoms with Gasteiger partial charge in [-0.25, -0.2) is 9.37 Å². The maximum Gasteiger partial charge on any atom is 0.311 e. The number of aryl methyl sites for hydroxylation is 1. The van der Waals surface area contributed by atoms with Crippen molar-refractivity contribution in [2.75, 3.05) is 17.7 Å². The lowest BCUT2D eigenvalue weighted by molar-refractivity contribution is -0.139. The number of esters is 1. The number of hydrogen-bond acceptors (Lipinski definition) is 7. The van der Waals surface area contributed by atoms with E-state index >= 15 is 0 Å². The molecule has 0 saturated carbocycles. The fourth-order valence-electron chi connectivity index (χ4n) is 3.46. The highest BCUT2D eigenvalue weighted by molar-refractivity contribution is 7.15. The molecule has 2 heterocycles. The van der Waals surface area contributed by atoms with Crippen LogP contribution in [0.4, 0.5) is 15.2 Å². The number of thiophene rings is 1. The van der Waals surface area contributed by atoms with Crippen LogP contribution in [-0.2, 0) is 28.9 Å². The Morgan fingerprint density at radius 1 is 1.12 bits per heavy atom. The number of unbranched alkanes of at least 4 members (excludes halogenated alkanes) is 4. The first-order valence-corrected chi connectivity index (χ1v) is 13.1. The summed E-state index contributed by atoms with van der Waals surface area (Å²) in [5, 5.41) is 8.33. The number of hydrogen-bond donors (Lipinski definition) is 2. The molecule has 0 aliphatic rings. The van der Waals surface area contributed by atoms with Crippen LogP contribution in [0.3, 0.4) is 0 Å². The van der Waals surface area contributed by atoms with Crippen LogP contribution < -0.4 is 10.6 Å². The number of anilines is 2. The van der Waals surface area contributed by atoms with Gasteiger partial charge in [-0.3, -0.25) is 14.9 Å². The molecule has 182 valence electrons. The Hall–Kier alpha value is -2.78. The molecule has 0 radical (unpaired) electrons. The van der Waals surface area contributed by atoms with Gasteiger partial charge in [0.15, 0.2) is 5.13 Å². The molecule has 3 rings (SSSR count). The molecule has 9 heteroatoms. The molecule has 2 N–H and O–H groups in total. The number of nitrogens with one attached hydrogen (secondary N) is 2. The number of carbonyl (C=O) groups is 2. The second kappa shape index (κ2) is 13.2. The molecule has 0 aliphatic carbocycles. The number of amides is 1. The quantitative estimate of drug-likeness (QED) is 0.207. The molecule has 34 heavy (non-hydrogen) atoms. The number of thiazole rings is 1. The molecule has 0 atom stereocenters. The monoisotopic (exact) mass is 503 g/mol. The van der Waals surface area contributed by atoms with E-state index in [2.05, 4.69) is 27.3 Å². The van der Waals surface area contributed by atoms with Gasteiger partial charge in [-0.1, -0.05) is 32.6 Å². The first kappa shape index (κ1) is 25.8. The zero-order valence-corrected chi connectivity index (χ0v) is 21.1. The summed E-state index contributed by atoms with van der Waals surface area (Å²) < 4.78 is 18.4. The largest absolute Gasteiger partial charge is 0.469 e. The van der Waals surface area contributed by atoms with Gasteiger partial charge < -0.3 is 10.1 Å². The predicted molar refractivity (Wildman–Crippen MR) is 136 cm³/mol. The van der Waals surface area contributed by atoms with Crippen molar-refractivity contribution in [1.29, 1.82) is 0 Å². The molecule has 1 amide bonds. The molecule has 0 bridgehead atoms. The Morgan fingerprint density at radius 2 is 1.94 bits per heavy atom. The minimum Gasteiger partial charge on any atom is -0.469 e. The topological polar surface area (TPSA) is 80.3 Å². The van der Waals surface area contributed by atoms with Crippen LogP contribution in [0.5, 0.6) is 0 Å². The Morgan fingerprint density at radius 3 is 2.74 bits per heavy atom. The van der Waals surface area contributed by atoms with E-state index < -0.39 is 0 Å². The number of ether oxygens (including phenoxy) is 1. The number of methoxy groups -OCH3 is 1. The lowest BCUT2D eigenvalue weighted by Crippen LogP contribution is -2.10. The fourth-order valence-corrected chi connectivity index (χ4v) is 5.01. The standard InChI is InChI=1S/C25H30FN3O3S2/c1-3-4-5-6-7-8-17-13-18(26)9-11-21(17)27-15-20-10-12-22(34-20)24(31)29-25-28-19(16-33-25)14-23(30)32-2/h9-13,16,27H,3-8,14-15H2,1-2H3,(H,28,29,31). The highest BCUT2D eigenvalue weighted by atomic mass is 32.1. The van der Waals surface area contributed by atoms with E-state index in [1.54, 1.807) is 23.6 Å². The summed E-state index contributed by atoms with van der Waals surface area (Å²) in [7, 11) is 1.33. The second-order valence-electron chi connectivity index (χ2n) is 7.94. The molecule has 0 aliphatic heterocycles. The first-order valence-electron chi connectivity index (χ1n) is 11.4. The van der Waals surface area contributed by atoms with E-state index in [0.29, 0.717) is 22.2 Å². The smallest absolute Gasteiger partial charge is 0.311 e. The van der Waals surface area contributed by atoms with Crippen LogP contribution in [-0.4, -0.2) is 24.0 Å². The molecule has 6 nitrogen and oxygen atoms in total. The summed E-state index contributed by atoms with van der Waals surface area (Å²) in [6.45, 7) is 2.74. The van der Waals surface area contributed by atoms with Gasteiger partial charge in [0.1, 0.15) is 5.82 Å². The molecule has 1 aromatic carbocycles. The molecule has 0 spiro atoms. The van der Waals surface area contributed by atoms with E-state index in [1.165, 1.54) is 55.1 Å². The maximum atomic E-state index is 13.8. The Bertz CT molecular complexity index is 1100. The van der Waals surface area contributed by atoms with E-state index in [-0.39, 0.29) is 24.1 Å². The average Bonchev–Trinajstić information content (AvgIpc) is 3.48. The molecule has 0 saturated heterocycles. The Kier molecular flexibility index (Phi) is 10.0. The van der Waals surface area contributed by atoms with Gasteiger partial charge in [0.2, 0.25) is 0 Å². The SMILES string of the molecule is CCCCCCCc1cc(F)ccc1NCc1ccc(C(=O)Nc2nc(CC(=O)OC)cs2)s1. The third kappa shape index (κ3) is 7.92. The summed E-state index contributed by atoms with van der Waals surface area (Å²) in [6.07, 6.45) is 6.75. The molecule has 2 aromatic heterocycles. The summed E-state index contributed by atoms with van der Waals surface area (Å²) in [4.78, 5) is 29.8. The molecule has 0 fully saturated rings. The Balaban J connectivity index is 1.54. The third-order valence-electron chi connectivity index (χ3n) is 5.28. The molecule has 0 unspecified atom stereocenters. The van der Waals surface area contributed by atoms with Gasteiger partial charge in [0, 0.05) is 22.5 Å². The summed E-state index contributed by atoms with van der Waals surface area (Å²) in [6, 6.07) is 8.55. The molecular formula is C25H30FN3O3S2. The Labute approximate surface area is 207 Å². The number of benzene rings is 1. The van der Waals surface area contributed by atoms with E-state index in [4.69, 9.17) is 0 Å². The van der Waals surface area contributed by atoms with Crippen LogP contribution in [0, 0.1) is 5.82 Å². The van der Waals surface area contributed by atoms with Gasteiger partial charge in [-0.15, -0.1) is 22.7 Å². The van der Waals surface area contributed by atoms with Crippen LogP contribution in [0.1, 0.15) is 64.8 Å². The maximum absolute atomic E-state index is 13.8. The van der Waals surface area contributed by atoms with Gasteiger partial charge in [0.05, 0.1) is 24.1 Å². The van der Waals surface area contributed by atoms with Crippen LogP contribution >= 0.6 is 22.7 Å². The molecule has 3 aromatic rings. The third-order valence-corrected chi connectivity index (χ3v) is 7.17. The summed E-state index contributed by atoms with van der Waals surface area (Å²) in [5.41, 5.74) is 2.47. The van der Waals surface area contributed by atoms with Gasteiger partial charge in [-0.2, -0.15) is 0 Å². The van der Waals surface area contributed by atoms with Crippen molar-refractivity contribution < 1.29 is 18.7 Å². The summed E-state index contributed by atoms with van der Waals surface area (Å²) in [5.74, 6) is -0.842. The van der Waals surface area contributed by atoms with E-state index in [9.17, 15) is 14.0 Å². The highest BCUT2D eigenvalue weighted by Crippen LogP contribution is 2.24. The highest BCUT2D eigenvalue weighted by Gasteiger charge is 2.14. The van der Waals surface area contributed by atoms with E-state index in [0.717, 1.165) is 35.4 Å². The van der Waals surface area contributed by atoms with Crippen molar-refractivity contribution >= 4 is 45.4 Å². The first-order chi connectivity index (χ1) is 16.5. The minimum atomic E-state index is -0.376. The normalized spacial score (nSPS) is 10.8. The van der Waals surface area contributed by atoms with Crippen LogP contribution in [0.15, 0.2) is 35.7 Å². The van der Waals surface area contributed by atoms with Crippen LogP contribution in [0.2, 0.25) is 0 Å². The van der Waals surface area contributed by atoms with Crippen LogP contribution in [0.25, 0.3) is 0 Å². The molecular weight excluding hydrogens is 473 g/mol. The van der Waals surface area contributed by atoms with Gasteiger partial charge in [-0.05, 0) is 48.7 Å². The average molecular weight is 504 g/mol. The van der Waals surface area contributed by atoms with E-state index in [1.807, 2.05) is 6.07 Å². The van der Waals surface area contributed by atoms with Crippen molar-refractivity contribution in [2.45, 2.75) is 58.4 Å². The number of aromatic nitrogens is 1. The van der Waals surface area contributed by atoms with Crippen molar-refractivity contribution in [3.63, 3.8) is 0 Å². The lowest BCUT2D eigenvalue weighted by atomic mass is 10.0. The number of halogens is 1. The van der Waals surface area contributed by atoms with Crippen molar-refractivity contribution in [1.82, 2.24) is 4.98 Å². The van der Waals surface area contributed by atoms with Crippen molar-refractivity contribution in [3.8, 4) is 0 Å². The van der Waals surface area contributed by atoms with Crippen molar-refractivity contribution in [3.05, 3.63) is 62.5 Å². The summed E-state index contributed by atoms with van der Waals surface area (Å²) >= 11 is 2.65.